The van der Waals surface area contributed by atoms with E-state index >= 15 is 0 Å². The van der Waals surface area contributed by atoms with Gasteiger partial charge in [-0.15, -0.1) is 0 Å². The minimum Gasteiger partial charge on any atom is -0.490 e. The summed E-state index contributed by atoms with van der Waals surface area (Å²) in [5.74, 6) is 0.983. The van der Waals surface area contributed by atoms with Crippen LogP contribution in [0.2, 0.25) is 10.0 Å². The van der Waals surface area contributed by atoms with Crippen LogP contribution in [0, 0.1) is 0 Å². The minimum absolute atomic E-state index is 0.256. The molecule has 2 aromatic carbocycles. The smallest absolute Gasteiger partial charge is 0.255 e. The van der Waals surface area contributed by atoms with Crippen molar-refractivity contribution in [2.45, 2.75) is 6.42 Å². The van der Waals surface area contributed by atoms with Crippen molar-refractivity contribution in [3.63, 3.8) is 0 Å². The molecule has 0 unspecified atom stereocenters. The van der Waals surface area contributed by atoms with E-state index in [9.17, 15) is 4.79 Å². The van der Waals surface area contributed by atoms with Gasteiger partial charge in [0.2, 0.25) is 0 Å². The molecule has 6 heteroatoms. The van der Waals surface area contributed by atoms with Gasteiger partial charge >= 0.3 is 0 Å². The van der Waals surface area contributed by atoms with Crippen molar-refractivity contribution in [2.24, 2.45) is 0 Å². The second-order valence-electron chi connectivity index (χ2n) is 4.80. The van der Waals surface area contributed by atoms with Gasteiger partial charge in [0.1, 0.15) is 0 Å². The summed E-state index contributed by atoms with van der Waals surface area (Å²) < 4.78 is 11.1. The molecule has 0 aromatic heterocycles. The van der Waals surface area contributed by atoms with Crippen LogP contribution in [0.15, 0.2) is 36.4 Å². The van der Waals surface area contributed by atoms with E-state index < -0.39 is 0 Å². The first-order valence-corrected chi connectivity index (χ1v) is 7.55. The molecule has 0 aliphatic carbocycles. The van der Waals surface area contributed by atoms with Gasteiger partial charge in [0.05, 0.1) is 23.3 Å². The normalized spacial score (nSPS) is 13.4. The lowest BCUT2D eigenvalue weighted by atomic mass is 10.2. The second kappa shape index (κ2) is 6.46. The fourth-order valence-corrected chi connectivity index (χ4v) is 2.38. The molecule has 4 nitrogen and oxygen atoms in total. The Morgan fingerprint density at radius 1 is 0.955 bits per heavy atom. The predicted octanol–water partition coefficient (Wildman–Crippen LogP) is 4.41. The molecule has 0 bridgehead atoms. The molecule has 0 atom stereocenters. The highest BCUT2D eigenvalue weighted by Gasteiger charge is 2.14. The maximum Gasteiger partial charge on any atom is 0.255 e. The number of rotatable bonds is 2. The van der Waals surface area contributed by atoms with Crippen LogP contribution in [0.5, 0.6) is 11.5 Å². The lowest BCUT2D eigenvalue weighted by molar-refractivity contribution is 0.102. The van der Waals surface area contributed by atoms with E-state index in [4.69, 9.17) is 32.7 Å². The zero-order valence-corrected chi connectivity index (χ0v) is 13.1. The number of nitrogens with one attached hydrogen (secondary N) is 1. The summed E-state index contributed by atoms with van der Waals surface area (Å²) in [7, 11) is 0. The van der Waals surface area contributed by atoms with Crippen LogP contribution >= 0.6 is 23.2 Å². The molecule has 0 saturated carbocycles. The Morgan fingerprint density at radius 2 is 1.73 bits per heavy atom. The molecule has 0 saturated heterocycles. The number of hydrogen-bond donors (Lipinski definition) is 1. The zero-order chi connectivity index (χ0) is 15.5. The number of ether oxygens (including phenoxy) is 2. The van der Waals surface area contributed by atoms with Gasteiger partial charge in [-0.1, -0.05) is 23.2 Å². The third-order valence-corrected chi connectivity index (χ3v) is 3.93. The van der Waals surface area contributed by atoms with Gasteiger partial charge in [0, 0.05) is 17.7 Å². The average molecular weight is 338 g/mol. The van der Waals surface area contributed by atoms with Gasteiger partial charge in [-0.25, -0.2) is 0 Å². The summed E-state index contributed by atoms with van der Waals surface area (Å²) in [5, 5.41) is 3.60. The Bertz CT molecular complexity index is 719. The Kier molecular flexibility index (Phi) is 4.41. The molecule has 0 fully saturated rings. The largest absolute Gasteiger partial charge is 0.490 e. The van der Waals surface area contributed by atoms with E-state index in [1.807, 2.05) is 0 Å². The van der Waals surface area contributed by atoms with Crippen molar-refractivity contribution in [3.05, 3.63) is 52.0 Å². The fraction of sp³-hybridized carbons (Fsp3) is 0.188. The van der Waals surface area contributed by atoms with E-state index in [0.29, 0.717) is 46.0 Å². The minimum atomic E-state index is -0.256. The Morgan fingerprint density at radius 3 is 2.50 bits per heavy atom. The first-order chi connectivity index (χ1) is 10.6. The summed E-state index contributed by atoms with van der Waals surface area (Å²) >= 11 is 11.8. The molecule has 114 valence electrons. The summed E-state index contributed by atoms with van der Waals surface area (Å²) in [6, 6.07) is 10.0. The third kappa shape index (κ3) is 3.29. The first kappa shape index (κ1) is 15.0. The molecule has 1 amide bonds. The lowest BCUT2D eigenvalue weighted by Gasteiger charge is -2.10. The monoisotopic (exact) mass is 337 g/mol. The highest BCUT2D eigenvalue weighted by Crippen LogP contribution is 2.31. The summed E-state index contributed by atoms with van der Waals surface area (Å²) in [4.78, 5) is 12.3. The van der Waals surface area contributed by atoms with Crippen molar-refractivity contribution in [1.29, 1.82) is 0 Å². The van der Waals surface area contributed by atoms with E-state index in [0.717, 1.165) is 6.42 Å². The molecule has 2 aromatic rings. The van der Waals surface area contributed by atoms with Crippen LogP contribution in [0.25, 0.3) is 0 Å². The van der Waals surface area contributed by atoms with Crippen molar-refractivity contribution in [2.75, 3.05) is 18.5 Å². The maximum absolute atomic E-state index is 12.3. The van der Waals surface area contributed by atoms with Crippen molar-refractivity contribution in [1.82, 2.24) is 0 Å². The standard InChI is InChI=1S/C16H13Cl2NO3/c17-12-4-3-11(9-13(12)18)19-16(20)10-2-5-14-15(8-10)22-7-1-6-21-14/h2-5,8-9H,1,6-7H2,(H,19,20). The number of carbonyl (C=O) groups is 1. The van der Waals surface area contributed by atoms with Gasteiger partial charge in [-0.05, 0) is 36.4 Å². The van der Waals surface area contributed by atoms with Crippen molar-refractivity contribution >= 4 is 34.8 Å². The molecule has 1 aliphatic heterocycles. The lowest BCUT2D eigenvalue weighted by Crippen LogP contribution is -2.12. The number of carbonyl (C=O) groups excluding carboxylic acids is 1. The molecule has 22 heavy (non-hydrogen) atoms. The van der Waals surface area contributed by atoms with E-state index in [1.54, 1.807) is 36.4 Å². The SMILES string of the molecule is O=C(Nc1ccc(Cl)c(Cl)c1)c1ccc2c(c1)OCCCO2. The summed E-state index contributed by atoms with van der Waals surface area (Å²) in [5.41, 5.74) is 1.06. The number of fused-ring (bicyclic) bond motifs is 1. The molecule has 0 radical (unpaired) electrons. The molecule has 3 rings (SSSR count). The average Bonchev–Trinajstić information content (AvgIpc) is 2.75. The number of hydrogen-bond acceptors (Lipinski definition) is 3. The highest BCUT2D eigenvalue weighted by atomic mass is 35.5. The fourth-order valence-electron chi connectivity index (χ4n) is 2.08. The van der Waals surface area contributed by atoms with E-state index in [-0.39, 0.29) is 5.91 Å². The van der Waals surface area contributed by atoms with Crippen molar-refractivity contribution < 1.29 is 14.3 Å². The maximum atomic E-state index is 12.3. The number of anilines is 1. The Hall–Kier alpha value is -1.91. The molecular weight excluding hydrogens is 325 g/mol. The van der Waals surface area contributed by atoms with Crippen LogP contribution in [0.1, 0.15) is 16.8 Å². The molecule has 1 N–H and O–H groups in total. The van der Waals surface area contributed by atoms with Gasteiger partial charge in [-0.3, -0.25) is 4.79 Å². The van der Waals surface area contributed by atoms with Crippen LogP contribution in [0.4, 0.5) is 5.69 Å². The van der Waals surface area contributed by atoms with Gasteiger partial charge in [-0.2, -0.15) is 0 Å². The summed E-state index contributed by atoms with van der Waals surface area (Å²) in [6.45, 7) is 1.19. The first-order valence-electron chi connectivity index (χ1n) is 6.79. The van der Waals surface area contributed by atoms with Crippen LogP contribution < -0.4 is 14.8 Å². The molecule has 0 spiro atoms. The predicted molar refractivity (Wildman–Crippen MR) is 86.5 cm³/mol. The second-order valence-corrected chi connectivity index (χ2v) is 5.61. The zero-order valence-electron chi connectivity index (χ0n) is 11.6. The molecular formula is C16H13Cl2NO3. The molecule has 1 heterocycles. The van der Waals surface area contributed by atoms with E-state index in [1.165, 1.54) is 0 Å². The van der Waals surface area contributed by atoms with E-state index in [2.05, 4.69) is 5.32 Å². The van der Waals surface area contributed by atoms with Gasteiger partial charge in [0.25, 0.3) is 5.91 Å². The van der Waals surface area contributed by atoms with Crippen LogP contribution in [0.3, 0.4) is 0 Å². The molecule has 1 aliphatic rings. The van der Waals surface area contributed by atoms with Gasteiger partial charge < -0.3 is 14.8 Å². The quantitative estimate of drug-likeness (QED) is 0.882. The Balaban J connectivity index is 1.80. The number of benzene rings is 2. The summed E-state index contributed by atoms with van der Waals surface area (Å²) in [6.07, 6.45) is 0.819. The number of halogens is 2. The number of amides is 1. The van der Waals surface area contributed by atoms with Crippen LogP contribution in [-0.2, 0) is 0 Å². The topological polar surface area (TPSA) is 47.6 Å². The van der Waals surface area contributed by atoms with Gasteiger partial charge in [0.15, 0.2) is 11.5 Å². The van der Waals surface area contributed by atoms with Crippen LogP contribution in [-0.4, -0.2) is 19.1 Å². The highest BCUT2D eigenvalue weighted by molar-refractivity contribution is 6.42. The Labute approximate surface area is 137 Å². The van der Waals surface area contributed by atoms with Crippen molar-refractivity contribution in [3.8, 4) is 11.5 Å². The third-order valence-electron chi connectivity index (χ3n) is 3.19.